The Bertz CT molecular complexity index is 3540. The predicted molar refractivity (Wildman–Crippen MR) is 288 cm³/mol. The standard InChI is InChI=1S/C33H28BNO2.C27H16ClN.2CH4/c1-32(2)33(3,4)37-34(36-32)25-19-17-24(18-20-25)31-29-12-8-6-10-27(29)26-9-5-7-11-28(26)30(31)23-15-13-22(21-35)14-16-23;28-21-15-13-20(14-16-21)27-25-8-4-2-6-23(25)22-5-1-3-7-24(22)26(27)19-11-9-18(17-29)10-12-19;;/h5-20H,1-4H3;1-16H;2*1H4. The monoisotopic (exact) mass is 902 g/mol. The molecule has 6 heteroatoms. The van der Waals surface area contributed by atoms with Gasteiger partial charge < -0.3 is 9.31 Å². The fraction of sp³-hybridized carbons (Fsp3) is 0.129. The molecule has 1 fully saturated rings. The Morgan fingerprint density at radius 2 is 0.618 bits per heavy atom. The molecule has 0 radical (unpaired) electrons. The van der Waals surface area contributed by atoms with Gasteiger partial charge in [-0.15, -0.1) is 0 Å². The summed E-state index contributed by atoms with van der Waals surface area (Å²) >= 11 is 6.17. The summed E-state index contributed by atoms with van der Waals surface area (Å²) < 4.78 is 12.6. The van der Waals surface area contributed by atoms with Crippen LogP contribution >= 0.6 is 11.6 Å². The van der Waals surface area contributed by atoms with E-state index in [0.717, 1.165) is 32.7 Å². The molecule has 68 heavy (non-hydrogen) atoms. The van der Waals surface area contributed by atoms with Crippen LogP contribution in [0.3, 0.4) is 0 Å². The highest BCUT2D eigenvalue weighted by atomic mass is 35.5. The Morgan fingerprint density at radius 3 is 0.897 bits per heavy atom. The lowest BCUT2D eigenvalue weighted by molar-refractivity contribution is 0.00578. The van der Waals surface area contributed by atoms with Crippen molar-refractivity contribution in [3.63, 3.8) is 0 Å². The summed E-state index contributed by atoms with van der Waals surface area (Å²) in [5.74, 6) is 0. The first kappa shape index (κ1) is 47.0. The van der Waals surface area contributed by atoms with Crippen LogP contribution in [0.2, 0.25) is 5.02 Å². The van der Waals surface area contributed by atoms with Crippen LogP contribution in [0.5, 0.6) is 0 Å². The average molecular weight is 903 g/mol. The summed E-state index contributed by atoms with van der Waals surface area (Å²) in [7, 11) is -0.398. The zero-order chi connectivity index (χ0) is 45.6. The summed E-state index contributed by atoms with van der Waals surface area (Å²) in [5, 5.41) is 29.0. The minimum absolute atomic E-state index is 0. The van der Waals surface area contributed by atoms with E-state index < -0.39 is 7.12 Å². The quantitative estimate of drug-likeness (QED) is 0.127. The Morgan fingerprint density at radius 1 is 0.368 bits per heavy atom. The molecule has 1 heterocycles. The van der Waals surface area contributed by atoms with E-state index in [1.54, 1.807) is 0 Å². The van der Waals surface area contributed by atoms with Crippen LogP contribution in [-0.4, -0.2) is 18.3 Å². The third-order valence-electron chi connectivity index (χ3n) is 13.3. The molecule has 11 rings (SSSR count). The summed E-state index contributed by atoms with van der Waals surface area (Å²) in [5.41, 5.74) is 10.7. The van der Waals surface area contributed by atoms with Crippen molar-refractivity contribution in [1.82, 2.24) is 0 Å². The number of nitriles is 2. The lowest BCUT2D eigenvalue weighted by Gasteiger charge is -2.32. The molecular weight excluding hydrogens is 851 g/mol. The van der Waals surface area contributed by atoms with Crippen LogP contribution in [-0.2, 0) is 9.31 Å². The number of fused-ring (bicyclic) bond motifs is 6. The van der Waals surface area contributed by atoms with Gasteiger partial charge in [0.15, 0.2) is 0 Å². The van der Waals surface area contributed by atoms with E-state index in [9.17, 15) is 10.5 Å². The Kier molecular flexibility index (Phi) is 13.1. The van der Waals surface area contributed by atoms with Crippen molar-refractivity contribution in [2.45, 2.75) is 53.8 Å². The first-order valence-corrected chi connectivity index (χ1v) is 22.5. The molecule has 0 bridgehead atoms. The van der Waals surface area contributed by atoms with Crippen molar-refractivity contribution >= 4 is 67.3 Å². The second kappa shape index (κ2) is 19.0. The highest BCUT2D eigenvalue weighted by Gasteiger charge is 2.51. The van der Waals surface area contributed by atoms with Gasteiger partial charge in [0, 0.05) is 5.02 Å². The molecule has 10 aromatic rings. The van der Waals surface area contributed by atoms with E-state index in [1.165, 1.54) is 65.3 Å². The summed E-state index contributed by atoms with van der Waals surface area (Å²) in [4.78, 5) is 0. The van der Waals surface area contributed by atoms with Crippen molar-refractivity contribution in [3.05, 3.63) is 210 Å². The van der Waals surface area contributed by atoms with E-state index in [2.05, 4.69) is 185 Å². The molecule has 0 aliphatic carbocycles. The molecule has 0 atom stereocenters. The number of hydrogen-bond donors (Lipinski definition) is 0. The van der Waals surface area contributed by atoms with Crippen molar-refractivity contribution in [2.75, 3.05) is 0 Å². The van der Waals surface area contributed by atoms with Crippen molar-refractivity contribution in [3.8, 4) is 56.6 Å². The molecule has 0 N–H and O–H groups in total. The second-order valence-corrected chi connectivity index (χ2v) is 18.2. The maximum atomic E-state index is 9.35. The maximum absolute atomic E-state index is 9.35. The topological polar surface area (TPSA) is 66.0 Å². The minimum Gasteiger partial charge on any atom is -0.399 e. The van der Waals surface area contributed by atoms with Gasteiger partial charge in [0.05, 0.1) is 34.5 Å². The molecule has 0 aromatic heterocycles. The first-order valence-electron chi connectivity index (χ1n) is 22.1. The normalized spacial score (nSPS) is 13.5. The van der Waals surface area contributed by atoms with Gasteiger partial charge in [0.2, 0.25) is 0 Å². The van der Waals surface area contributed by atoms with Crippen LogP contribution in [0, 0.1) is 22.7 Å². The lowest BCUT2D eigenvalue weighted by Crippen LogP contribution is -2.41. The summed E-state index contributed by atoms with van der Waals surface area (Å²) in [6, 6.07) is 71.0. The summed E-state index contributed by atoms with van der Waals surface area (Å²) in [6.07, 6.45) is 0. The molecule has 10 aromatic carbocycles. The zero-order valence-electron chi connectivity index (χ0n) is 37.1. The highest BCUT2D eigenvalue weighted by Crippen LogP contribution is 2.46. The number of nitrogens with zero attached hydrogens (tertiary/aromatic N) is 2. The van der Waals surface area contributed by atoms with Crippen molar-refractivity contribution < 1.29 is 9.31 Å². The molecular formula is C62H52BClN2O2. The molecule has 0 saturated carbocycles. The van der Waals surface area contributed by atoms with Crippen LogP contribution in [0.15, 0.2) is 194 Å². The molecule has 1 aliphatic heterocycles. The molecule has 0 spiro atoms. The smallest absolute Gasteiger partial charge is 0.399 e. The molecule has 0 unspecified atom stereocenters. The van der Waals surface area contributed by atoms with Gasteiger partial charge in [0.1, 0.15) is 0 Å². The van der Waals surface area contributed by atoms with Crippen LogP contribution in [0.1, 0.15) is 53.7 Å². The Hall–Kier alpha value is -7.51. The van der Waals surface area contributed by atoms with Gasteiger partial charge in [-0.3, -0.25) is 0 Å². The van der Waals surface area contributed by atoms with Crippen LogP contribution in [0.4, 0.5) is 0 Å². The predicted octanol–water partition coefficient (Wildman–Crippen LogP) is 16.6. The fourth-order valence-corrected chi connectivity index (χ4v) is 9.43. The van der Waals surface area contributed by atoms with Crippen molar-refractivity contribution in [1.29, 1.82) is 10.5 Å². The van der Waals surface area contributed by atoms with Crippen LogP contribution in [0.25, 0.3) is 87.6 Å². The van der Waals surface area contributed by atoms with E-state index in [1.807, 2.05) is 48.5 Å². The van der Waals surface area contributed by atoms with Gasteiger partial charge in [-0.25, -0.2) is 0 Å². The Balaban J connectivity index is 0.000000183. The van der Waals surface area contributed by atoms with Gasteiger partial charge >= 0.3 is 7.12 Å². The van der Waals surface area contributed by atoms with Crippen LogP contribution < -0.4 is 5.46 Å². The van der Waals surface area contributed by atoms with Gasteiger partial charge in [-0.1, -0.05) is 184 Å². The molecule has 1 aliphatic rings. The third kappa shape index (κ3) is 8.43. The average Bonchev–Trinajstić information content (AvgIpc) is 3.59. The molecule has 4 nitrogen and oxygen atoms in total. The van der Waals surface area contributed by atoms with Gasteiger partial charge in [-0.2, -0.15) is 10.5 Å². The Labute approximate surface area is 405 Å². The third-order valence-corrected chi connectivity index (χ3v) is 13.6. The van der Waals surface area contributed by atoms with E-state index in [0.29, 0.717) is 11.1 Å². The number of benzene rings is 10. The fourth-order valence-electron chi connectivity index (χ4n) is 9.31. The summed E-state index contributed by atoms with van der Waals surface area (Å²) in [6.45, 7) is 8.30. The lowest BCUT2D eigenvalue weighted by atomic mass is 9.77. The van der Waals surface area contributed by atoms with Gasteiger partial charge in [0.25, 0.3) is 0 Å². The number of hydrogen-bond acceptors (Lipinski definition) is 4. The second-order valence-electron chi connectivity index (χ2n) is 17.8. The minimum atomic E-state index is -0.398. The molecule has 0 amide bonds. The zero-order valence-corrected chi connectivity index (χ0v) is 37.9. The number of halogens is 1. The van der Waals surface area contributed by atoms with E-state index in [4.69, 9.17) is 20.9 Å². The number of rotatable bonds is 5. The molecule has 1 saturated heterocycles. The maximum Gasteiger partial charge on any atom is 0.494 e. The van der Waals surface area contributed by atoms with E-state index in [-0.39, 0.29) is 26.1 Å². The van der Waals surface area contributed by atoms with E-state index >= 15 is 0 Å². The SMILES string of the molecule is C.C.CC1(C)OB(c2ccc(-c3c(-c4ccc(C#N)cc4)c4ccccc4c4ccccc34)cc2)OC1(C)C.N#Cc1ccc(-c2c(-c3ccc(Cl)cc3)c3ccccc3c3ccccc23)cc1. The largest absolute Gasteiger partial charge is 0.494 e. The molecule has 332 valence electrons. The first-order chi connectivity index (χ1) is 32.0. The van der Waals surface area contributed by atoms with Gasteiger partial charge in [-0.05, 0) is 157 Å². The van der Waals surface area contributed by atoms with Crippen molar-refractivity contribution in [2.24, 2.45) is 0 Å². The highest BCUT2D eigenvalue weighted by molar-refractivity contribution is 6.62.